The van der Waals surface area contributed by atoms with Crippen LogP contribution in [-0.2, 0) is 18.9 Å². The molecule has 3 aromatic rings. The van der Waals surface area contributed by atoms with Crippen LogP contribution in [0.4, 0.5) is 0 Å². The zero-order valence-corrected chi connectivity index (χ0v) is 28.0. The third-order valence-corrected chi connectivity index (χ3v) is 9.38. The lowest BCUT2D eigenvalue weighted by molar-refractivity contribution is -0.318. The first kappa shape index (κ1) is 39.8. The highest BCUT2D eigenvalue weighted by Crippen LogP contribution is 2.40. The Balaban J connectivity index is 1.34. The summed E-state index contributed by atoms with van der Waals surface area (Å²) >= 11 is 0. The molecule has 298 valence electrons. The second-order valence-electron chi connectivity index (χ2n) is 13.1. The van der Waals surface area contributed by atoms with E-state index >= 15 is 0 Å². The average molecular weight is 773 g/mol. The molecule has 4 heterocycles. The topological polar surface area (TPSA) is 349 Å². The molecule has 1 aromatic heterocycles. The van der Waals surface area contributed by atoms with Crippen LogP contribution >= 0.6 is 0 Å². The summed E-state index contributed by atoms with van der Waals surface area (Å²) in [5.41, 5.74) is -1.66. The first-order chi connectivity index (χ1) is 25.5. The maximum absolute atomic E-state index is 14.1. The smallest absolute Gasteiger partial charge is 0.239 e. The van der Waals surface area contributed by atoms with Crippen LogP contribution in [0.5, 0.6) is 28.7 Å². The van der Waals surface area contributed by atoms with Crippen molar-refractivity contribution in [1.29, 1.82) is 0 Å². The van der Waals surface area contributed by atoms with E-state index in [9.17, 15) is 71.2 Å². The molecule has 13 N–H and O–H groups in total. The fourth-order valence-electron chi connectivity index (χ4n) is 6.19. The second-order valence-corrected chi connectivity index (χ2v) is 13.1. The fraction of sp³-hybridized carbons (Fsp3) is 0.545. The maximum Gasteiger partial charge on any atom is 0.239 e. The van der Waals surface area contributed by atoms with Crippen molar-refractivity contribution in [3.8, 4) is 40.1 Å². The Morgan fingerprint density at radius 1 is 0.630 bits per heavy atom. The van der Waals surface area contributed by atoms with Crippen molar-refractivity contribution >= 4 is 11.0 Å². The molecule has 6 rings (SSSR count). The number of hydrogen-bond donors (Lipinski definition) is 13. The molecule has 0 unspecified atom stereocenters. The molecule has 0 radical (unpaired) electrons. The van der Waals surface area contributed by atoms with E-state index in [1.54, 1.807) is 0 Å². The van der Waals surface area contributed by atoms with Gasteiger partial charge in [-0.3, -0.25) is 4.79 Å². The number of aromatic hydroxyl groups is 3. The number of rotatable bonds is 9. The van der Waals surface area contributed by atoms with Crippen molar-refractivity contribution in [1.82, 2.24) is 0 Å². The summed E-state index contributed by atoms with van der Waals surface area (Å²) in [7, 11) is 0. The van der Waals surface area contributed by atoms with Crippen LogP contribution in [0.1, 0.15) is 6.92 Å². The van der Waals surface area contributed by atoms with Gasteiger partial charge in [-0.05, 0) is 25.1 Å². The van der Waals surface area contributed by atoms with E-state index in [0.717, 1.165) is 24.3 Å². The molecular formula is C33H40O21. The van der Waals surface area contributed by atoms with E-state index in [4.69, 9.17) is 32.8 Å². The number of benzene rings is 2. The molecule has 15 atom stereocenters. The molecule has 0 bridgehead atoms. The first-order valence-electron chi connectivity index (χ1n) is 16.5. The molecule has 21 nitrogen and oxygen atoms in total. The van der Waals surface area contributed by atoms with Gasteiger partial charge in [-0.2, -0.15) is 0 Å². The molecule has 3 saturated heterocycles. The lowest BCUT2D eigenvalue weighted by Gasteiger charge is -2.42. The largest absolute Gasteiger partial charge is 0.507 e. The predicted molar refractivity (Wildman–Crippen MR) is 173 cm³/mol. The lowest BCUT2D eigenvalue weighted by Crippen LogP contribution is -2.61. The second kappa shape index (κ2) is 15.7. The summed E-state index contributed by atoms with van der Waals surface area (Å²) in [6, 6.07) is 5.15. The van der Waals surface area contributed by atoms with Crippen LogP contribution in [0.15, 0.2) is 39.5 Å². The number of ether oxygens (including phenoxy) is 6. The number of aliphatic hydroxyl groups is 10. The van der Waals surface area contributed by atoms with Crippen LogP contribution < -0.4 is 14.9 Å². The van der Waals surface area contributed by atoms with E-state index in [-0.39, 0.29) is 11.3 Å². The van der Waals surface area contributed by atoms with Gasteiger partial charge in [-0.1, -0.05) is 0 Å². The van der Waals surface area contributed by atoms with Crippen LogP contribution in [0, 0.1) is 0 Å². The zero-order chi connectivity index (χ0) is 39.3. The highest BCUT2D eigenvalue weighted by molar-refractivity contribution is 5.88. The number of hydrogen-bond acceptors (Lipinski definition) is 21. The minimum atomic E-state index is -2.05. The zero-order valence-electron chi connectivity index (χ0n) is 28.0. The Morgan fingerprint density at radius 3 is 1.87 bits per heavy atom. The van der Waals surface area contributed by atoms with Crippen molar-refractivity contribution in [2.45, 2.75) is 99.0 Å². The van der Waals surface area contributed by atoms with Gasteiger partial charge in [0, 0.05) is 17.7 Å². The molecule has 0 aliphatic carbocycles. The fourth-order valence-corrected chi connectivity index (χ4v) is 6.19. The molecule has 0 amide bonds. The molecule has 3 aliphatic rings. The molecule has 0 saturated carbocycles. The van der Waals surface area contributed by atoms with Gasteiger partial charge in [0.1, 0.15) is 89.6 Å². The Morgan fingerprint density at radius 2 is 1.22 bits per heavy atom. The molecular weight excluding hydrogens is 732 g/mol. The number of aliphatic hydroxyl groups excluding tert-OH is 10. The van der Waals surface area contributed by atoms with Gasteiger partial charge < -0.3 is 99.2 Å². The van der Waals surface area contributed by atoms with E-state index in [1.807, 2.05) is 0 Å². The van der Waals surface area contributed by atoms with E-state index in [2.05, 4.69) is 0 Å². The summed E-state index contributed by atoms with van der Waals surface area (Å²) in [6.07, 6.45) is -25.1. The van der Waals surface area contributed by atoms with Crippen molar-refractivity contribution in [2.75, 3.05) is 13.2 Å². The van der Waals surface area contributed by atoms with Gasteiger partial charge in [0.15, 0.2) is 23.5 Å². The molecule has 21 heteroatoms. The average Bonchev–Trinajstić information content (AvgIpc) is 3.14. The predicted octanol–water partition coefficient (Wildman–Crippen LogP) is -4.21. The Kier molecular flexibility index (Phi) is 11.5. The normalized spacial score (nSPS) is 37.3. The minimum Gasteiger partial charge on any atom is -0.507 e. The lowest BCUT2D eigenvalue weighted by atomic mass is 9.98. The summed E-state index contributed by atoms with van der Waals surface area (Å²) in [6.45, 7) is -0.0204. The van der Waals surface area contributed by atoms with Crippen molar-refractivity contribution in [3.05, 3.63) is 40.6 Å². The number of phenols is 3. The van der Waals surface area contributed by atoms with Crippen LogP contribution in [0.2, 0.25) is 0 Å². The summed E-state index contributed by atoms with van der Waals surface area (Å²) in [5.74, 6) is -3.63. The quantitative estimate of drug-likeness (QED) is 0.0917. The van der Waals surface area contributed by atoms with Crippen molar-refractivity contribution in [3.63, 3.8) is 0 Å². The van der Waals surface area contributed by atoms with Crippen LogP contribution in [0.3, 0.4) is 0 Å². The third-order valence-electron chi connectivity index (χ3n) is 9.38. The molecule has 54 heavy (non-hydrogen) atoms. The Bertz CT molecular complexity index is 1850. The SMILES string of the molecule is C[C@@H]1O[C@@H](OC[C@H]2O[C@@H](Oc3c(-c4ccc(O)c(O)c4)oc4cc(O[C@@H]5O[C@H](CO)[C@H](O)[C@H](O)[C@H]5O)cc(O)c4c3=O)[C@H](O)[C@@H](O)[C@@H]2O)[C@H](O)[C@H](O)[C@H]1O. The van der Waals surface area contributed by atoms with E-state index in [0.29, 0.717) is 0 Å². The van der Waals surface area contributed by atoms with E-state index < -0.39 is 150 Å². The van der Waals surface area contributed by atoms with Gasteiger partial charge in [-0.25, -0.2) is 0 Å². The highest BCUT2D eigenvalue weighted by Gasteiger charge is 2.48. The Hall–Kier alpha value is -3.91. The number of phenolic OH excluding ortho intramolecular Hbond substituents is 3. The molecule has 3 fully saturated rings. The van der Waals surface area contributed by atoms with Crippen molar-refractivity contribution in [2.24, 2.45) is 0 Å². The maximum atomic E-state index is 14.1. The van der Waals surface area contributed by atoms with Gasteiger partial charge in [0.25, 0.3) is 0 Å². The van der Waals surface area contributed by atoms with Gasteiger partial charge in [0.05, 0.1) is 19.3 Å². The molecule has 2 aromatic carbocycles. The van der Waals surface area contributed by atoms with Gasteiger partial charge in [0.2, 0.25) is 23.8 Å². The summed E-state index contributed by atoms with van der Waals surface area (Å²) in [4.78, 5) is 14.1. The van der Waals surface area contributed by atoms with Crippen LogP contribution in [-0.4, -0.2) is 172 Å². The third kappa shape index (κ3) is 7.39. The minimum absolute atomic E-state index is 0.122. The number of fused-ring (bicyclic) bond motifs is 1. The summed E-state index contributed by atoms with van der Waals surface area (Å²) < 4.78 is 39.1. The molecule has 0 spiro atoms. The van der Waals surface area contributed by atoms with Crippen LogP contribution in [0.25, 0.3) is 22.3 Å². The van der Waals surface area contributed by atoms with Crippen molar-refractivity contribution < 1.29 is 99.2 Å². The Labute approximate surface area is 303 Å². The standard InChI is InChI=1S/C33H40O21/c1-9-19(38)23(42)26(45)31(49-9)48-8-17-21(40)25(44)28(47)33(53-17)54-30-22(41)18-14(37)5-11(50-32-27(46)24(43)20(39)16(7-34)52-32)6-15(18)51-29(30)10-2-3-12(35)13(36)4-10/h2-6,9,16-17,19-21,23-28,31-40,42-47H,7-8H2,1H3/t9-,16+,17+,19-,20-,21+,23+,24-,25-,26+,27+,28+,31+,32+,33-/m0/s1. The van der Waals surface area contributed by atoms with E-state index in [1.165, 1.54) is 13.0 Å². The highest BCUT2D eigenvalue weighted by atomic mass is 16.7. The monoisotopic (exact) mass is 772 g/mol. The first-order valence-corrected chi connectivity index (χ1v) is 16.5. The molecule has 3 aliphatic heterocycles. The summed E-state index contributed by atoms with van der Waals surface area (Å²) in [5, 5.41) is 133. The van der Waals surface area contributed by atoms with Gasteiger partial charge in [-0.15, -0.1) is 0 Å². The van der Waals surface area contributed by atoms with Gasteiger partial charge >= 0.3 is 0 Å².